The molecule has 1 aliphatic heterocycles. The SMILES string of the molecule is C[C@H]1CCCC1Nc1nc(Cl)nc2c1cnn2[C@@H]1O[C@H](COCP(=O)(O)O)[C@@H](O)[C@H]1O. The summed E-state index contributed by atoms with van der Waals surface area (Å²) in [5.74, 6) is 1.03. The summed E-state index contributed by atoms with van der Waals surface area (Å²) in [4.78, 5) is 26.3. The summed E-state index contributed by atoms with van der Waals surface area (Å²) >= 11 is 6.14. The number of halogens is 1. The molecule has 2 aliphatic rings. The molecule has 31 heavy (non-hydrogen) atoms. The molecule has 2 fully saturated rings. The quantitative estimate of drug-likeness (QED) is 0.282. The number of hydrogen-bond donors (Lipinski definition) is 5. The average Bonchev–Trinajstić information content (AvgIpc) is 3.35. The van der Waals surface area contributed by atoms with Gasteiger partial charge < -0.3 is 34.8 Å². The Bertz CT molecular complexity index is 987. The van der Waals surface area contributed by atoms with Crippen LogP contribution in [0.15, 0.2) is 6.20 Å². The van der Waals surface area contributed by atoms with E-state index in [1.54, 1.807) is 0 Å². The molecule has 14 heteroatoms. The van der Waals surface area contributed by atoms with Crippen molar-refractivity contribution in [2.75, 3.05) is 18.3 Å². The molecule has 4 rings (SSSR count). The first-order valence-electron chi connectivity index (χ1n) is 9.95. The van der Waals surface area contributed by atoms with Gasteiger partial charge in [-0.25, -0.2) is 4.68 Å². The molecular weight excluding hydrogens is 453 g/mol. The second-order valence-electron chi connectivity index (χ2n) is 8.04. The largest absolute Gasteiger partial charge is 0.387 e. The van der Waals surface area contributed by atoms with Gasteiger partial charge >= 0.3 is 7.60 Å². The molecule has 0 spiro atoms. The van der Waals surface area contributed by atoms with E-state index in [1.165, 1.54) is 10.9 Å². The molecule has 5 N–H and O–H groups in total. The van der Waals surface area contributed by atoms with Crippen molar-refractivity contribution in [1.29, 1.82) is 0 Å². The molecule has 0 bridgehead atoms. The third-order valence-electron chi connectivity index (χ3n) is 5.73. The van der Waals surface area contributed by atoms with Gasteiger partial charge in [-0.15, -0.1) is 0 Å². The molecular formula is C17H25ClN5O7P. The third kappa shape index (κ3) is 4.86. The number of nitrogens with one attached hydrogen (secondary N) is 1. The first-order valence-corrected chi connectivity index (χ1v) is 12.1. The minimum atomic E-state index is -4.36. The van der Waals surface area contributed by atoms with Crippen molar-refractivity contribution in [3.8, 4) is 0 Å². The number of hydrogen-bond acceptors (Lipinski definition) is 9. The Morgan fingerprint density at radius 1 is 1.32 bits per heavy atom. The van der Waals surface area contributed by atoms with Crippen molar-refractivity contribution in [1.82, 2.24) is 19.7 Å². The standard InChI is InChI=1S/C17H25ClN5O7P/c1-8-3-2-4-10(8)20-14-9-5-19-23(15(9)22-17(18)21-14)16-13(25)12(24)11(30-16)6-29-7-31(26,27)28/h5,8,10-13,16,24-25H,2-4,6-7H2,1H3,(H,20,21,22)(H2,26,27,28)/t8-,10?,11+,12+,13+,16+/m0/s1. The van der Waals surface area contributed by atoms with E-state index >= 15 is 0 Å². The molecule has 1 aliphatic carbocycles. The fraction of sp³-hybridized carbons (Fsp3) is 0.706. The molecule has 2 aromatic heterocycles. The first kappa shape index (κ1) is 22.8. The van der Waals surface area contributed by atoms with Crippen LogP contribution in [0, 0.1) is 5.92 Å². The number of aromatic nitrogens is 4. The lowest BCUT2D eigenvalue weighted by molar-refractivity contribution is -0.0658. The lowest BCUT2D eigenvalue weighted by Crippen LogP contribution is -2.34. The molecule has 12 nitrogen and oxygen atoms in total. The first-order chi connectivity index (χ1) is 14.6. The van der Waals surface area contributed by atoms with Crippen LogP contribution in [0.5, 0.6) is 0 Å². The zero-order chi connectivity index (χ0) is 22.3. The Morgan fingerprint density at radius 2 is 2.10 bits per heavy atom. The van der Waals surface area contributed by atoms with Crippen molar-refractivity contribution in [3.05, 3.63) is 11.5 Å². The third-order valence-corrected chi connectivity index (χ3v) is 6.42. The predicted octanol–water partition coefficient (Wildman–Crippen LogP) is 0.851. The van der Waals surface area contributed by atoms with E-state index < -0.39 is 38.5 Å². The van der Waals surface area contributed by atoms with Gasteiger partial charge in [-0.2, -0.15) is 15.1 Å². The van der Waals surface area contributed by atoms with Crippen LogP contribution in [-0.4, -0.2) is 77.1 Å². The number of nitrogens with zero attached hydrogens (tertiary/aromatic N) is 4. The van der Waals surface area contributed by atoms with E-state index in [9.17, 15) is 14.8 Å². The maximum absolute atomic E-state index is 10.9. The van der Waals surface area contributed by atoms with Crippen molar-refractivity contribution in [2.24, 2.45) is 5.92 Å². The second-order valence-corrected chi connectivity index (χ2v) is 9.96. The highest BCUT2D eigenvalue weighted by molar-refractivity contribution is 7.51. The molecule has 1 saturated heterocycles. The topological polar surface area (TPSA) is 172 Å². The zero-order valence-corrected chi connectivity index (χ0v) is 18.4. The number of anilines is 1. The maximum atomic E-state index is 10.9. The highest BCUT2D eigenvalue weighted by atomic mass is 35.5. The van der Waals surface area contributed by atoms with Crippen LogP contribution in [0.2, 0.25) is 5.28 Å². The molecule has 6 atom stereocenters. The summed E-state index contributed by atoms with van der Waals surface area (Å²) in [6.07, 6.45) is -0.834. The van der Waals surface area contributed by atoms with Gasteiger partial charge in [-0.3, -0.25) is 4.57 Å². The van der Waals surface area contributed by atoms with Crippen LogP contribution in [0.3, 0.4) is 0 Å². The van der Waals surface area contributed by atoms with E-state index in [0.29, 0.717) is 22.8 Å². The van der Waals surface area contributed by atoms with Gasteiger partial charge in [-0.1, -0.05) is 13.3 Å². The number of fused-ring (bicyclic) bond motifs is 1. The molecule has 2 aromatic rings. The summed E-state index contributed by atoms with van der Waals surface area (Å²) < 4.78 is 22.8. The molecule has 172 valence electrons. The van der Waals surface area contributed by atoms with E-state index in [1.807, 2.05) is 0 Å². The molecule has 1 unspecified atom stereocenters. The smallest absolute Gasteiger partial charge is 0.350 e. The van der Waals surface area contributed by atoms with Gasteiger partial charge in [0.05, 0.1) is 18.2 Å². The predicted molar refractivity (Wildman–Crippen MR) is 110 cm³/mol. The Morgan fingerprint density at radius 3 is 2.77 bits per heavy atom. The number of aliphatic hydroxyl groups excluding tert-OH is 2. The molecule has 3 heterocycles. The van der Waals surface area contributed by atoms with Crippen LogP contribution in [0.25, 0.3) is 11.0 Å². The van der Waals surface area contributed by atoms with Crippen molar-refractivity contribution >= 4 is 36.0 Å². The fourth-order valence-electron chi connectivity index (χ4n) is 4.09. The summed E-state index contributed by atoms with van der Waals surface area (Å²) in [6.45, 7) is 1.86. The molecule has 0 aromatic carbocycles. The minimum Gasteiger partial charge on any atom is -0.387 e. The lowest BCUT2D eigenvalue weighted by Gasteiger charge is -2.19. The highest BCUT2D eigenvalue weighted by Gasteiger charge is 2.45. The van der Waals surface area contributed by atoms with Gasteiger partial charge in [0.2, 0.25) is 5.28 Å². The second kappa shape index (κ2) is 8.87. The summed E-state index contributed by atoms with van der Waals surface area (Å²) in [5, 5.41) is 29.0. The minimum absolute atomic E-state index is 0.00281. The van der Waals surface area contributed by atoms with Crippen molar-refractivity contribution < 1.29 is 34.0 Å². The van der Waals surface area contributed by atoms with Crippen LogP contribution in [-0.2, 0) is 14.0 Å². The fourth-order valence-corrected chi connectivity index (χ4v) is 4.60. The highest BCUT2D eigenvalue weighted by Crippen LogP contribution is 2.36. The Kier molecular flexibility index (Phi) is 6.53. The van der Waals surface area contributed by atoms with Crippen molar-refractivity contribution in [2.45, 2.75) is 56.8 Å². The summed E-state index contributed by atoms with van der Waals surface area (Å²) in [7, 11) is -4.36. The van der Waals surface area contributed by atoms with E-state index in [4.69, 9.17) is 30.9 Å². The normalized spacial score (nSPS) is 31.5. The Labute approximate surface area is 182 Å². The number of ether oxygens (including phenoxy) is 2. The van der Waals surface area contributed by atoms with Crippen LogP contribution >= 0.6 is 19.2 Å². The van der Waals surface area contributed by atoms with Crippen LogP contribution in [0.1, 0.15) is 32.4 Å². The molecule has 0 radical (unpaired) electrons. The maximum Gasteiger partial charge on any atom is 0.350 e. The molecule has 1 saturated carbocycles. The summed E-state index contributed by atoms with van der Waals surface area (Å²) in [5.41, 5.74) is 0.321. The van der Waals surface area contributed by atoms with Gasteiger partial charge in [0, 0.05) is 6.04 Å². The number of aliphatic hydroxyl groups is 2. The van der Waals surface area contributed by atoms with Gasteiger partial charge in [0.25, 0.3) is 0 Å². The number of rotatable bonds is 7. The lowest BCUT2D eigenvalue weighted by atomic mass is 10.1. The monoisotopic (exact) mass is 477 g/mol. The average molecular weight is 478 g/mol. The van der Waals surface area contributed by atoms with Crippen molar-refractivity contribution in [3.63, 3.8) is 0 Å². The van der Waals surface area contributed by atoms with Crippen LogP contribution < -0.4 is 5.32 Å². The van der Waals surface area contributed by atoms with Gasteiger partial charge in [0.15, 0.2) is 11.9 Å². The van der Waals surface area contributed by atoms with E-state index in [2.05, 4.69) is 27.3 Å². The summed E-state index contributed by atoms with van der Waals surface area (Å²) in [6, 6.07) is 0.253. The van der Waals surface area contributed by atoms with Crippen LogP contribution in [0.4, 0.5) is 5.82 Å². The molecule has 0 amide bonds. The Balaban J connectivity index is 1.56. The van der Waals surface area contributed by atoms with Gasteiger partial charge in [-0.05, 0) is 30.4 Å². The van der Waals surface area contributed by atoms with E-state index in [0.717, 1.165) is 19.3 Å². The Hall–Kier alpha value is -1.37. The van der Waals surface area contributed by atoms with E-state index in [-0.39, 0.29) is 17.9 Å². The van der Waals surface area contributed by atoms with Gasteiger partial charge in [0.1, 0.15) is 30.5 Å². The zero-order valence-electron chi connectivity index (χ0n) is 16.7.